The lowest BCUT2D eigenvalue weighted by Crippen LogP contribution is -2.51. The van der Waals surface area contributed by atoms with E-state index in [1.165, 1.54) is 0 Å². The molecule has 0 N–H and O–H groups in total. The number of thiophene rings is 1. The van der Waals surface area contributed by atoms with Gasteiger partial charge < -0.3 is 14.3 Å². The average molecular weight is 375 g/mol. The fourth-order valence-electron chi connectivity index (χ4n) is 3.70. The summed E-state index contributed by atoms with van der Waals surface area (Å²) in [6, 6.07) is 3.97. The molecule has 2 aliphatic heterocycles. The molecule has 0 bridgehead atoms. The van der Waals surface area contributed by atoms with E-state index in [9.17, 15) is 4.79 Å². The zero-order chi connectivity index (χ0) is 17.9. The first kappa shape index (κ1) is 17.6. The van der Waals surface area contributed by atoms with E-state index in [2.05, 4.69) is 27.0 Å². The van der Waals surface area contributed by atoms with Crippen LogP contribution in [0.2, 0.25) is 0 Å². The van der Waals surface area contributed by atoms with Gasteiger partial charge in [-0.1, -0.05) is 11.2 Å². The predicted octanol–water partition coefficient (Wildman–Crippen LogP) is 1.78. The molecule has 0 saturated carbocycles. The van der Waals surface area contributed by atoms with Gasteiger partial charge in [0.05, 0.1) is 17.3 Å². The second-order valence-corrected chi connectivity index (χ2v) is 8.14. The van der Waals surface area contributed by atoms with Crippen LogP contribution in [-0.4, -0.2) is 77.1 Å². The molecule has 4 heterocycles. The van der Waals surface area contributed by atoms with Crippen LogP contribution in [0.5, 0.6) is 0 Å². The molecule has 0 aromatic carbocycles. The van der Waals surface area contributed by atoms with Crippen LogP contribution < -0.4 is 0 Å². The van der Waals surface area contributed by atoms with Crippen LogP contribution in [0.3, 0.4) is 0 Å². The van der Waals surface area contributed by atoms with Crippen molar-refractivity contribution in [3.63, 3.8) is 0 Å². The van der Waals surface area contributed by atoms with Crippen LogP contribution in [0.1, 0.15) is 18.7 Å². The highest BCUT2D eigenvalue weighted by Crippen LogP contribution is 2.24. The van der Waals surface area contributed by atoms with Gasteiger partial charge in [0, 0.05) is 32.7 Å². The molecule has 140 valence electrons. The number of aromatic nitrogens is 2. The summed E-state index contributed by atoms with van der Waals surface area (Å²) < 4.78 is 5.42. The highest BCUT2D eigenvalue weighted by atomic mass is 32.1. The molecule has 1 amide bonds. The van der Waals surface area contributed by atoms with E-state index < -0.39 is 0 Å². The number of nitrogens with zero attached hydrogens (tertiary/aromatic N) is 5. The van der Waals surface area contributed by atoms with Crippen molar-refractivity contribution in [3.05, 3.63) is 23.4 Å². The Morgan fingerprint density at radius 3 is 2.92 bits per heavy atom. The van der Waals surface area contributed by atoms with E-state index in [1.807, 2.05) is 22.4 Å². The molecule has 2 aromatic heterocycles. The van der Waals surface area contributed by atoms with E-state index in [-0.39, 0.29) is 5.92 Å². The maximum absolute atomic E-state index is 12.8. The van der Waals surface area contributed by atoms with Crippen molar-refractivity contribution < 1.29 is 9.32 Å². The number of likely N-dealkylation sites (N-methyl/N-ethyl adjacent to an activating group) is 1. The van der Waals surface area contributed by atoms with Gasteiger partial charge in [-0.3, -0.25) is 9.69 Å². The van der Waals surface area contributed by atoms with Crippen LogP contribution in [0.4, 0.5) is 0 Å². The minimum atomic E-state index is 0.0897. The smallest absolute Gasteiger partial charge is 0.241 e. The summed E-state index contributed by atoms with van der Waals surface area (Å²) in [5, 5.41) is 6.08. The molecule has 1 atom stereocenters. The maximum atomic E-state index is 12.8. The quantitative estimate of drug-likeness (QED) is 0.812. The number of hydrogen-bond donors (Lipinski definition) is 0. The van der Waals surface area contributed by atoms with Gasteiger partial charge >= 0.3 is 0 Å². The van der Waals surface area contributed by atoms with Gasteiger partial charge in [0.25, 0.3) is 0 Å². The fraction of sp³-hybridized carbons (Fsp3) is 0.611. The number of likely N-dealkylation sites (tertiary alicyclic amines) is 1. The molecule has 2 fully saturated rings. The number of amides is 1. The standard InChI is InChI=1S/C18H25N5O2S/c1-21-7-9-23(10-8-21)18(24)14-4-2-6-22(12-14)13-16-19-17(20-25-16)15-5-3-11-26-15/h3,5,11,14H,2,4,6-10,12-13H2,1H3. The zero-order valence-corrected chi connectivity index (χ0v) is 16.0. The summed E-state index contributed by atoms with van der Waals surface area (Å²) in [6.45, 7) is 6.00. The van der Waals surface area contributed by atoms with Crippen molar-refractivity contribution in [3.8, 4) is 10.7 Å². The highest BCUT2D eigenvalue weighted by Gasteiger charge is 2.31. The van der Waals surface area contributed by atoms with Gasteiger partial charge in [-0.25, -0.2) is 0 Å². The monoisotopic (exact) mass is 375 g/mol. The predicted molar refractivity (Wildman–Crippen MR) is 99.7 cm³/mol. The Labute approximate surface area is 157 Å². The molecule has 2 aromatic rings. The van der Waals surface area contributed by atoms with Crippen molar-refractivity contribution >= 4 is 17.2 Å². The van der Waals surface area contributed by atoms with Crippen molar-refractivity contribution in [2.24, 2.45) is 5.92 Å². The molecule has 1 unspecified atom stereocenters. The van der Waals surface area contributed by atoms with E-state index in [0.717, 1.165) is 57.0 Å². The molecule has 0 aliphatic carbocycles. The molecule has 2 saturated heterocycles. The SMILES string of the molecule is CN1CCN(C(=O)C2CCCN(Cc3nc(-c4cccs4)no3)C2)CC1. The maximum Gasteiger partial charge on any atom is 0.241 e. The van der Waals surface area contributed by atoms with Crippen LogP contribution in [0, 0.1) is 5.92 Å². The van der Waals surface area contributed by atoms with Gasteiger partial charge in [-0.05, 0) is 37.9 Å². The summed E-state index contributed by atoms with van der Waals surface area (Å²) in [7, 11) is 2.11. The van der Waals surface area contributed by atoms with E-state index in [4.69, 9.17) is 4.52 Å². The van der Waals surface area contributed by atoms with Gasteiger partial charge in [0.2, 0.25) is 17.6 Å². The third-order valence-electron chi connectivity index (χ3n) is 5.24. The summed E-state index contributed by atoms with van der Waals surface area (Å²) >= 11 is 1.60. The molecule has 0 radical (unpaired) electrons. The first-order chi connectivity index (χ1) is 12.7. The lowest BCUT2D eigenvalue weighted by Gasteiger charge is -2.37. The molecule has 26 heavy (non-hydrogen) atoms. The summed E-state index contributed by atoms with van der Waals surface area (Å²) in [6.07, 6.45) is 2.02. The van der Waals surface area contributed by atoms with Crippen LogP contribution in [-0.2, 0) is 11.3 Å². The van der Waals surface area contributed by atoms with Crippen molar-refractivity contribution in [1.82, 2.24) is 24.8 Å². The second kappa shape index (κ2) is 7.85. The van der Waals surface area contributed by atoms with Gasteiger partial charge in [0.1, 0.15) is 0 Å². The minimum absolute atomic E-state index is 0.0897. The first-order valence-electron chi connectivity index (χ1n) is 9.25. The molecule has 2 aliphatic rings. The topological polar surface area (TPSA) is 65.7 Å². The Bertz CT molecular complexity index is 724. The van der Waals surface area contributed by atoms with E-state index in [1.54, 1.807) is 11.3 Å². The zero-order valence-electron chi connectivity index (χ0n) is 15.1. The fourth-order valence-corrected chi connectivity index (χ4v) is 4.35. The Morgan fingerprint density at radius 1 is 1.31 bits per heavy atom. The number of hydrogen-bond acceptors (Lipinski definition) is 7. The molecule has 7 nitrogen and oxygen atoms in total. The van der Waals surface area contributed by atoms with E-state index >= 15 is 0 Å². The third kappa shape index (κ3) is 3.97. The van der Waals surface area contributed by atoms with Crippen LogP contribution in [0.25, 0.3) is 10.7 Å². The Balaban J connectivity index is 1.34. The number of piperazine rings is 1. The second-order valence-electron chi connectivity index (χ2n) is 7.19. The van der Waals surface area contributed by atoms with Crippen molar-refractivity contribution in [2.45, 2.75) is 19.4 Å². The van der Waals surface area contributed by atoms with E-state index in [0.29, 0.717) is 24.2 Å². The summed E-state index contributed by atoms with van der Waals surface area (Å²) in [4.78, 5) is 25.0. The Morgan fingerprint density at radius 2 is 2.15 bits per heavy atom. The highest BCUT2D eigenvalue weighted by molar-refractivity contribution is 7.13. The molecular weight excluding hydrogens is 350 g/mol. The molecule has 8 heteroatoms. The average Bonchev–Trinajstić information content (AvgIpc) is 3.34. The summed E-state index contributed by atoms with van der Waals surface area (Å²) in [5.74, 6) is 1.68. The molecule has 4 rings (SSSR count). The molecule has 0 spiro atoms. The van der Waals surface area contributed by atoms with Crippen molar-refractivity contribution in [1.29, 1.82) is 0 Å². The van der Waals surface area contributed by atoms with Gasteiger partial charge in [-0.15, -0.1) is 11.3 Å². The van der Waals surface area contributed by atoms with Crippen molar-refractivity contribution in [2.75, 3.05) is 46.3 Å². The number of rotatable bonds is 4. The molecular formula is C18H25N5O2S. The summed E-state index contributed by atoms with van der Waals surface area (Å²) in [5.41, 5.74) is 0. The number of carbonyl (C=O) groups excluding carboxylic acids is 1. The minimum Gasteiger partial charge on any atom is -0.340 e. The van der Waals surface area contributed by atoms with Gasteiger partial charge in [-0.2, -0.15) is 4.98 Å². The first-order valence-corrected chi connectivity index (χ1v) is 10.1. The van der Waals surface area contributed by atoms with Crippen LogP contribution in [0.15, 0.2) is 22.0 Å². The number of carbonyl (C=O) groups is 1. The lowest BCUT2D eigenvalue weighted by atomic mass is 9.96. The Kier molecular flexibility index (Phi) is 5.33. The lowest BCUT2D eigenvalue weighted by molar-refractivity contribution is -0.139. The van der Waals surface area contributed by atoms with Gasteiger partial charge in [0.15, 0.2) is 0 Å². The normalized spacial score (nSPS) is 22.7. The third-order valence-corrected chi connectivity index (χ3v) is 6.10. The largest absolute Gasteiger partial charge is 0.340 e. The van der Waals surface area contributed by atoms with Crippen LogP contribution >= 0.6 is 11.3 Å². The number of piperidine rings is 1. The Hall–Kier alpha value is -1.77.